The number of fused-ring (bicyclic) bond motifs is 3. The second-order valence-corrected chi connectivity index (χ2v) is 4.87. The van der Waals surface area contributed by atoms with Crippen LogP contribution in [0.1, 0.15) is 13.0 Å². The Morgan fingerprint density at radius 2 is 2.38 bits per heavy atom. The maximum absolute atomic E-state index is 5.77. The van der Waals surface area contributed by atoms with Crippen molar-refractivity contribution in [1.29, 1.82) is 0 Å². The molecule has 0 N–H and O–H groups in total. The van der Waals surface area contributed by atoms with Crippen LogP contribution in [0.15, 0.2) is 35.1 Å². The first-order chi connectivity index (χ1) is 7.75. The van der Waals surface area contributed by atoms with Crippen molar-refractivity contribution >= 4 is 15.9 Å². The lowest BCUT2D eigenvalue weighted by atomic mass is 10.2. The second-order valence-electron chi connectivity index (χ2n) is 3.96. The number of hydrogen-bond acceptors (Lipinski definition) is 2. The van der Waals surface area contributed by atoms with Crippen molar-refractivity contribution in [1.82, 2.24) is 9.55 Å². The number of halogens is 1. The van der Waals surface area contributed by atoms with Gasteiger partial charge < -0.3 is 9.30 Å². The molecular formula is C12H11BrN2O. The average Bonchev–Trinajstić information content (AvgIpc) is 2.71. The van der Waals surface area contributed by atoms with Crippen LogP contribution in [0.4, 0.5) is 0 Å². The lowest BCUT2D eigenvalue weighted by Crippen LogP contribution is -2.11. The average molecular weight is 279 g/mol. The van der Waals surface area contributed by atoms with E-state index in [9.17, 15) is 0 Å². The third-order valence-corrected chi connectivity index (χ3v) is 3.30. The monoisotopic (exact) mass is 278 g/mol. The molecule has 1 aliphatic heterocycles. The third kappa shape index (κ3) is 1.45. The molecule has 82 valence electrons. The van der Waals surface area contributed by atoms with Crippen molar-refractivity contribution in [2.24, 2.45) is 0 Å². The van der Waals surface area contributed by atoms with Crippen molar-refractivity contribution in [3.05, 3.63) is 35.1 Å². The molecular weight excluding hydrogens is 268 g/mol. The van der Waals surface area contributed by atoms with Gasteiger partial charge in [-0.05, 0) is 25.1 Å². The molecule has 4 heteroatoms. The standard InChI is InChI=1S/C12H11BrN2O/c1-8-7-16-11-3-2-9(13)6-10(11)12-14-4-5-15(8)12/h2-6,8H,7H2,1H3. The predicted octanol–water partition coefficient (Wildman–Crippen LogP) is 3.27. The number of nitrogens with zero attached hydrogens (tertiary/aromatic N) is 2. The normalized spacial score (nSPS) is 18.2. The fraction of sp³-hybridized carbons (Fsp3) is 0.250. The summed E-state index contributed by atoms with van der Waals surface area (Å²) in [6.45, 7) is 2.81. The number of aromatic nitrogens is 2. The molecule has 1 aromatic heterocycles. The Bertz CT molecular complexity index is 536. The summed E-state index contributed by atoms with van der Waals surface area (Å²) >= 11 is 3.48. The quantitative estimate of drug-likeness (QED) is 0.740. The second kappa shape index (κ2) is 3.63. The molecule has 0 saturated heterocycles. The summed E-state index contributed by atoms with van der Waals surface area (Å²) in [6, 6.07) is 6.33. The van der Waals surface area contributed by atoms with Gasteiger partial charge in [0.05, 0.1) is 11.6 Å². The van der Waals surface area contributed by atoms with Crippen LogP contribution < -0.4 is 4.74 Å². The number of hydrogen-bond donors (Lipinski definition) is 0. The van der Waals surface area contributed by atoms with Crippen molar-refractivity contribution < 1.29 is 4.74 Å². The number of rotatable bonds is 0. The van der Waals surface area contributed by atoms with Crippen LogP contribution in [0.2, 0.25) is 0 Å². The van der Waals surface area contributed by atoms with E-state index in [1.165, 1.54) is 0 Å². The molecule has 3 nitrogen and oxygen atoms in total. The highest BCUT2D eigenvalue weighted by Crippen LogP contribution is 2.35. The van der Waals surface area contributed by atoms with Gasteiger partial charge in [0.1, 0.15) is 18.2 Å². The fourth-order valence-corrected chi connectivity index (χ4v) is 2.33. The molecule has 16 heavy (non-hydrogen) atoms. The van der Waals surface area contributed by atoms with Crippen LogP contribution in [-0.4, -0.2) is 16.2 Å². The highest BCUT2D eigenvalue weighted by atomic mass is 79.9. The Morgan fingerprint density at radius 3 is 3.25 bits per heavy atom. The number of benzene rings is 1. The van der Waals surface area contributed by atoms with E-state index < -0.39 is 0 Å². The van der Waals surface area contributed by atoms with E-state index in [0.29, 0.717) is 12.6 Å². The van der Waals surface area contributed by atoms with Crippen LogP contribution >= 0.6 is 15.9 Å². The molecule has 3 rings (SSSR count). The summed E-state index contributed by atoms with van der Waals surface area (Å²) in [4.78, 5) is 4.41. The molecule has 0 radical (unpaired) electrons. The van der Waals surface area contributed by atoms with Crippen molar-refractivity contribution in [3.63, 3.8) is 0 Å². The lowest BCUT2D eigenvalue weighted by molar-refractivity contribution is 0.269. The van der Waals surface area contributed by atoms with E-state index in [1.54, 1.807) is 0 Å². The molecule has 0 saturated carbocycles. The molecule has 0 amide bonds. The zero-order chi connectivity index (χ0) is 11.1. The van der Waals surface area contributed by atoms with Gasteiger partial charge in [-0.25, -0.2) is 4.98 Å². The summed E-state index contributed by atoms with van der Waals surface area (Å²) in [6.07, 6.45) is 3.83. The molecule has 1 unspecified atom stereocenters. The van der Waals surface area contributed by atoms with E-state index in [1.807, 2.05) is 30.6 Å². The van der Waals surface area contributed by atoms with E-state index in [2.05, 4.69) is 32.4 Å². The Morgan fingerprint density at radius 1 is 1.50 bits per heavy atom. The summed E-state index contributed by atoms with van der Waals surface area (Å²) in [5.41, 5.74) is 1.05. The zero-order valence-electron chi connectivity index (χ0n) is 8.85. The van der Waals surface area contributed by atoms with Gasteiger partial charge in [0.15, 0.2) is 0 Å². The summed E-state index contributed by atoms with van der Waals surface area (Å²) in [5.74, 6) is 1.88. The summed E-state index contributed by atoms with van der Waals surface area (Å²) < 4.78 is 8.97. The molecule has 1 aliphatic rings. The van der Waals surface area contributed by atoms with Crippen LogP contribution in [0.5, 0.6) is 5.75 Å². The molecule has 2 heterocycles. The number of imidazole rings is 1. The smallest absolute Gasteiger partial charge is 0.144 e. The Kier molecular flexibility index (Phi) is 2.24. The van der Waals surface area contributed by atoms with Crippen molar-refractivity contribution in [2.75, 3.05) is 6.61 Å². The SMILES string of the molecule is CC1COc2ccc(Br)cc2-c2nccn21. The Hall–Kier alpha value is -1.29. The highest BCUT2D eigenvalue weighted by molar-refractivity contribution is 9.10. The molecule has 1 atom stereocenters. The minimum atomic E-state index is 0.309. The van der Waals surface area contributed by atoms with E-state index in [-0.39, 0.29) is 0 Å². The first-order valence-corrected chi connectivity index (χ1v) is 6.00. The van der Waals surface area contributed by atoms with Gasteiger partial charge in [-0.1, -0.05) is 15.9 Å². The van der Waals surface area contributed by atoms with Gasteiger partial charge in [0.25, 0.3) is 0 Å². The molecule has 0 aliphatic carbocycles. The van der Waals surface area contributed by atoms with Crippen LogP contribution in [-0.2, 0) is 0 Å². The van der Waals surface area contributed by atoms with E-state index in [4.69, 9.17) is 4.74 Å². The topological polar surface area (TPSA) is 27.1 Å². The van der Waals surface area contributed by atoms with Gasteiger partial charge in [-0.15, -0.1) is 0 Å². The van der Waals surface area contributed by atoms with Gasteiger partial charge in [-0.2, -0.15) is 0 Å². The van der Waals surface area contributed by atoms with Gasteiger partial charge in [0.2, 0.25) is 0 Å². The van der Waals surface area contributed by atoms with Crippen LogP contribution in [0, 0.1) is 0 Å². The minimum absolute atomic E-state index is 0.309. The lowest BCUT2D eigenvalue weighted by Gasteiger charge is -2.11. The third-order valence-electron chi connectivity index (χ3n) is 2.81. The first kappa shape index (κ1) is 9.90. The maximum atomic E-state index is 5.77. The van der Waals surface area contributed by atoms with Crippen molar-refractivity contribution in [2.45, 2.75) is 13.0 Å². The minimum Gasteiger partial charge on any atom is -0.491 e. The van der Waals surface area contributed by atoms with Crippen molar-refractivity contribution in [3.8, 4) is 17.1 Å². The fourth-order valence-electron chi connectivity index (χ4n) is 1.97. The Labute approximate surface area is 102 Å². The van der Waals surface area contributed by atoms with Crippen LogP contribution in [0.3, 0.4) is 0 Å². The van der Waals surface area contributed by atoms with E-state index >= 15 is 0 Å². The molecule has 0 fully saturated rings. The van der Waals surface area contributed by atoms with Crippen LogP contribution in [0.25, 0.3) is 11.4 Å². The molecule has 0 spiro atoms. The van der Waals surface area contributed by atoms with Gasteiger partial charge in [-0.3, -0.25) is 0 Å². The molecule has 2 aromatic rings. The molecule has 0 bridgehead atoms. The van der Waals surface area contributed by atoms with Gasteiger partial charge in [0, 0.05) is 16.9 Å². The van der Waals surface area contributed by atoms with Gasteiger partial charge >= 0.3 is 0 Å². The first-order valence-electron chi connectivity index (χ1n) is 5.21. The predicted molar refractivity (Wildman–Crippen MR) is 65.6 cm³/mol. The summed E-state index contributed by atoms with van der Waals surface area (Å²) in [7, 11) is 0. The highest BCUT2D eigenvalue weighted by Gasteiger charge is 2.20. The Balaban J connectivity index is 2.26. The molecule has 1 aromatic carbocycles. The van der Waals surface area contributed by atoms with E-state index in [0.717, 1.165) is 21.6 Å². The zero-order valence-corrected chi connectivity index (χ0v) is 10.4. The summed E-state index contributed by atoms with van der Waals surface area (Å²) in [5, 5.41) is 0. The number of ether oxygens (including phenoxy) is 1. The maximum Gasteiger partial charge on any atom is 0.144 e. The largest absolute Gasteiger partial charge is 0.491 e.